The maximum absolute atomic E-state index is 13.8. The first-order chi connectivity index (χ1) is 10.2. The summed E-state index contributed by atoms with van der Waals surface area (Å²) in [5.74, 6) is 0.437. The average molecular weight is 284 g/mol. The molecule has 0 radical (unpaired) electrons. The van der Waals surface area contributed by atoms with Crippen molar-refractivity contribution in [3.8, 4) is 11.8 Å². The van der Waals surface area contributed by atoms with Gasteiger partial charge in [0.1, 0.15) is 11.6 Å². The molecule has 4 heteroatoms. The van der Waals surface area contributed by atoms with Crippen molar-refractivity contribution in [3.05, 3.63) is 65.0 Å². The van der Waals surface area contributed by atoms with Gasteiger partial charge in [0.05, 0.1) is 18.7 Å². The lowest BCUT2D eigenvalue weighted by Crippen LogP contribution is -2.19. The highest BCUT2D eigenvalue weighted by Gasteiger charge is 2.11. The molecular weight excluding hydrogens is 267 g/mol. The van der Waals surface area contributed by atoms with Crippen molar-refractivity contribution in [2.24, 2.45) is 0 Å². The predicted octanol–water partition coefficient (Wildman–Crippen LogP) is 3.56. The molecule has 0 saturated heterocycles. The number of halogens is 1. The molecule has 1 atom stereocenters. The summed E-state index contributed by atoms with van der Waals surface area (Å²) in [4.78, 5) is 0. The van der Waals surface area contributed by atoms with Crippen molar-refractivity contribution < 1.29 is 9.13 Å². The molecular formula is C17H17FN2O. The van der Waals surface area contributed by atoms with E-state index in [4.69, 9.17) is 10.00 Å². The Labute approximate surface area is 124 Å². The van der Waals surface area contributed by atoms with Gasteiger partial charge in [0.2, 0.25) is 0 Å². The maximum atomic E-state index is 13.8. The first-order valence-electron chi connectivity index (χ1n) is 6.70. The Balaban J connectivity index is 2.08. The third-order valence-corrected chi connectivity index (χ3v) is 3.39. The second-order valence-corrected chi connectivity index (χ2v) is 4.76. The zero-order chi connectivity index (χ0) is 15.2. The van der Waals surface area contributed by atoms with Crippen LogP contribution in [0.2, 0.25) is 0 Å². The van der Waals surface area contributed by atoms with Crippen LogP contribution in [-0.4, -0.2) is 7.11 Å². The molecule has 0 fully saturated rings. The number of benzene rings is 2. The van der Waals surface area contributed by atoms with Gasteiger partial charge in [-0.05, 0) is 25.1 Å². The van der Waals surface area contributed by atoms with Gasteiger partial charge in [0, 0.05) is 23.7 Å². The van der Waals surface area contributed by atoms with Gasteiger partial charge in [0.25, 0.3) is 0 Å². The molecule has 108 valence electrons. The van der Waals surface area contributed by atoms with Crippen LogP contribution in [0.25, 0.3) is 0 Å². The van der Waals surface area contributed by atoms with E-state index in [1.807, 2.05) is 37.3 Å². The van der Waals surface area contributed by atoms with Crippen LogP contribution in [0.4, 0.5) is 4.39 Å². The number of hydrogen-bond acceptors (Lipinski definition) is 3. The summed E-state index contributed by atoms with van der Waals surface area (Å²) >= 11 is 0. The van der Waals surface area contributed by atoms with Crippen LogP contribution in [0.15, 0.2) is 42.5 Å². The smallest absolute Gasteiger partial charge is 0.129 e. The molecule has 0 bridgehead atoms. The minimum absolute atomic E-state index is 0.0243. The third-order valence-electron chi connectivity index (χ3n) is 3.39. The fraction of sp³-hybridized carbons (Fsp3) is 0.235. The van der Waals surface area contributed by atoms with E-state index in [2.05, 4.69) is 5.32 Å². The SMILES string of the molecule is COc1ccccc1[C@H](C)NCc1ccc(C#N)cc1F. The van der Waals surface area contributed by atoms with Crippen molar-refractivity contribution in [2.75, 3.05) is 7.11 Å². The zero-order valence-corrected chi connectivity index (χ0v) is 12.1. The zero-order valence-electron chi connectivity index (χ0n) is 12.1. The minimum atomic E-state index is -0.367. The van der Waals surface area contributed by atoms with E-state index < -0.39 is 0 Å². The summed E-state index contributed by atoms with van der Waals surface area (Å²) in [6.45, 7) is 2.39. The quantitative estimate of drug-likeness (QED) is 0.913. The molecule has 0 aliphatic heterocycles. The van der Waals surface area contributed by atoms with Gasteiger partial charge in [-0.3, -0.25) is 0 Å². The highest BCUT2D eigenvalue weighted by Crippen LogP contribution is 2.24. The molecule has 2 rings (SSSR count). The molecule has 0 unspecified atom stereocenters. The molecule has 0 saturated carbocycles. The van der Waals surface area contributed by atoms with E-state index in [0.29, 0.717) is 17.7 Å². The summed E-state index contributed by atoms with van der Waals surface area (Å²) in [5.41, 5.74) is 1.89. The van der Waals surface area contributed by atoms with Crippen molar-refractivity contribution >= 4 is 0 Å². The number of ether oxygens (including phenoxy) is 1. The highest BCUT2D eigenvalue weighted by atomic mass is 19.1. The van der Waals surface area contributed by atoms with E-state index in [1.165, 1.54) is 6.07 Å². The lowest BCUT2D eigenvalue weighted by Gasteiger charge is -2.17. The van der Waals surface area contributed by atoms with Crippen molar-refractivity contribution in [1.29, 1.82) is 5.26 Å². The fourth-order valence-electron chi connectivity index (χ4n) is 2.16. The number of para-hydroxylation sites is 1. The van der Waals surface area contributed by atoms with Gasteiger partial charge >= 0.3 is 0 Å². The summed E-state index contributed by atoms with van der Waals surface area (Å²) in [5, 5.41) is 12.0. The van der Waals surface area contributed by atoms with E-state index in [1.54, 1.807) is 19.2 Å². The third kappa shape index (κ3) is 3.59. The van der Waals surface area contributed by atoms with Crippen molar-refractivity contribution in [2.45, 2.75) is 19.5 Å². The molecule has 2 aromatic rings. The van der Waals surface area contributed by atoms with Crippen LogP contribution in [0, 0.1) is 17.1 Å². The maximum Gasteiger partial charge on any atom is 0.129 e. The van der Waals surface area contributed by atoms with Gasteiger partial charge < -0.3 is 10.1 Å². The van der Waals surface area contributed by atoms with Gasteiger partial charge in [-0.25, -0.2) is 4.39 Å². The lowest BCUT2D eigenvalue weighted by atomic mass is 10.1. The number of methoxy groups -OCH3 is 1. The van der Waals surface area contributed by atoms with E-state index in [0.717, 1.165) is 11.3 Å². The number of rotatable bonds is 5. The first kappa shape index (κ1) is 15.0. The Hall–Kier alpha value is -2.38. The van der Waals surface area contributed by atoms with E-state index >= 15 is 0 Å². The monoisotopic (exact) mass is 284 g/mol. The van der Waals surface area contributed by atoms with Gasteiger partial charge in [-0.15, -0.1) is 0 Å². The van der Waals surface area contributed by atoms with Gasteiger partial charge in [0.15, 0.2) is 0 Å². The molecule has 21 heavy (non-hydrogen) atoms. The van der Waals surface area contributed by atoms with Crippen LogP contribution in [0.3, 0.4) is 0 Å². The van der Waals surface area contributed by atoms with Crippen LogP contribution in [0.5, 0.6) is 5.75 Å². The second kappa shape index (κ2) is 6.87. The summed E-state index contributed by atoms with van der Waals surface area (Å²) < 4.78 is 19.1. The highest BCUT2D eigenvalue weighted by molar-refractivity contribution is 5.36. The number of nitriles is 1. The summed E-state index contributed by atoms with van der Waals surface area (Å²) in [6.07, 6.45) is 0. The second-order valence-electron chi connectivity index (χ2n) is 4.76. The van der Waals surface area contributed by atoms with Crippen molar-refractivity contribution in [1.82, 2.24) is 5.32 Å². The number of nitrogens with zero attached hydrogens (tertiary/aromatic N) is 1. The average Bonchev–Trinajstić information content (AvgIpc) is 2.53. The largest absolute Gasteiger partial charge is 0.496 e. The first-order valence-corrected chi connectivity index (χ1v) is 6.70. The van der Waals surface area contributed by atoms with Gasteiger partial charge in [-0.1, -0.05) is 24.3 Å². The van der Waals surface area contributed by atoms with Crippen LogP contribution in [0.1, 0.15) is 29.7 Å². The number of hydrogen-bond donors (Lipinski definition) is 1. The summed E-state index contributed by atoms with van der Waals surface area (Å²) in [7, 11) is 1.63. The molecule has 0 heterocycles. The van der Waals surface area contributed by atoms with Gasteiger partial charge in [-0.2, -0.15) is 5.26 Å². The predicted molar refractivity (Wildman–Crippen MR) is 79.4 cm³/mol. The Morgan fingerprint density at radius 3 is 2.71 bits per heavy atom. The Morgan fingerprint density at radius 2 is 2.05 bits per heavy atom. The topological polar surface area (TPSA) is 45.0 Å². The van der Waals surface area contributed by atoms with Crippen LogP contribution < -0.4 is 10.1 Å². The van der Waals surface area contributed by atoms with Crippen molar-refractivity contribution in [3.63, 3.8) is 0 Å². The Bertz CT molecular complexity index is 664. The minimum Gasteiger partial charge on any atom is -0.496 e. The molecule has 0 aliphatic rings. The Morgan fingerprint density at radius 1 is 1.29 bits per heavy atom. The molecule has 2 aromatic carbocycles. The normalized spacial score (nSPS) is 11.7. The molecule has 0 amide bonds. The lowest BCUT2D eigenvalue weighted by molar-refractivity contribution is 0.401. The number of nitrogens with one attached hydrogen (secondary N) is 1. The Kier molecular flexibility index (Phi) is 4.91. The molecule has 0 aliphatic carbocycles. The summed E-state index contributed by atoms with van der Waals surface area (Å²) in [6, 6.07) is 14.2. The van der Waals surface area contributed by atoms with E-state index in [9.17, 15) is 4.39 Å². The fourth-order valence-corrected chi connectivity index (χ4v) is 2.16. The van der Waals surface area contributed by atoms with Crippen LogP contribution in [-0.2, 0) is 6.54 Å². The van der Waals surface area contributed by atoms with E-state index in [-0.39, 0.29) is 11.9 Å². The van der Waals surface area contributed by atoms with Crippen LogP contribution >= 0.6 is 0 Å². The molecule has 3 nitrogen and oxygen atoms in total. The molecule has 0 spiro atoms. The molecule has 1 N–H and O–H groups in total. The molecule has 0 aromatic heterocycles. The standard InChI is InChI=1S/C17H17FN2O/c1-12(15-5-3-4-6-17(15)21-2)20-11-14-8-7-13(10-19)9-16(14)18/h3-9,12,20H,11H2,1-2H3/t12-/m0/s1.